The van der Waals surface area contributed by atoms with Gasteiger partial charge in [0.05, 0.1) is 11.9 Å². The van der Waals surface area contributed by atoms with Gasteiger partial charge < -0.3 is 5.32 Å². The van der Waals surface area contributed by atoms with Gasteiger partial charge in [-0.1, -0.05) is 39.0 Å². The predicted molar refractivity (Wildman–Crippen MR) is 74.0 cm³/mol. The Kier molecular flexibility index (Phi) is 7.58. The van der Waals surface area contributed by atoms with Crippen molar-refractivity contribution in [1.29, 1.82) is 0 Å². The van der Waals surface area contributed by atoms with E-state index in [0.29, 0.717) is 0 Å². The van der Waals surface area contributed by atoms with Gasteiger partial charge in [-0.25, -0.2) is 4.39 Å². The van der Waals surface area contributed by atoms with Crippen molar-refractivity contribution in [3.63, 3.8) is 0 Å². The maximum absolute atomic E-state index is 12.7. The molecule has 102 valence electrons. The standard InChI is InChI=1S/C15H25FN2/c1-3-4-5-6-7-8-11-17-13(2)15-10-9-14(16)12-18-15/h9-10,12-13,17H,3-8,11H2,1-2H3. The number of nitrogens with zero attached hydrogens (tertiary/aromatic N) is 1. The highest BCUT2D eigenvalue weighted by molar-refractivity contribution is 5.08. The Morgan fingerprint density at radius 3 is 2.56 bits per heavy atom. The quantitative estimate of drug-likeness (QED) is 0.665. The predicted octanol–water partition coefficient (Wildman–Crippen LogP) is 4.23. The molecule has 1 unspecified atom stereocenters. The van der Waals surface area contributed by atoms with Crippen LogP contribution in [0.5, 0.6) is 0 Å². The Balaban J connectivity index is 2.10. The zero-order chi connectivity index (χ0) is 13.2. The van der Waals surface area contributed by atoms with Crippen LogP contribution in [0.25, 0.3) is 0 Å². The van der Waals surface area contributed by atoms with Crippen molar-refractivity contribution in [2.45, 2.75) is 58.4 Å². The third-order valence-electron chi connectivity index (χ3n) is 3.17. The number of hydrogen-bond acceptors (Lipinski definition) is 2. The minimum absolute atomic E-state index is 0.196. The molecule has 3 heteroatoms. The van der Waals surface area contributed by atoms with Gasteiger partial charge in [0.1, 0.15) is 5.82 Å². The molecule has 1 aromatic rings. The third kappa shape index (κ3) is 6.10. The van der Waals surface area contributed by atoms with Crippen molar-refractivity contribution in [1.82, 2.24) is 10.3 Å². The summed E-state index contributed by atoms with van der Waals surface area (Å²) in [5.74, 6) is -0.276. The van der Waals surface area contributed by atoms with Crippen molar-refractivity contribution >= 4 is 0 Å². The number of unbranched alkanes of at least 4 members (excludes halogenated alkanes) is 5. The highest BCUT2D eigenvalue weighted by atomic mass is 19.1. The zero-order valence-corrected chi connectivity index (χ0v) is 11.6. The van der Waals surface area contributed by atoms with E-state index in [9.17, 15) is 4.39 Å². The first-order valence-corrected chi connectivity index (χ1v) is 7.09. The van der Waals surface area contributed by atoms with Crippen LogP contribution >= 0.6 is 0 Å². The normalized spacial score (nSPS) is 12.6. The summed E-state index contributed by atoms with van der Waals surface area (Å²) in [7, 11) is 0. The smallest absolute Gasteiger partial charge is 0.141 e. The average Bonchev–Trinajstić information content (AvgIpc) is 2.38. The second-order valence-electron chi connectivity index (χ2n) is 4.84. The van der Waals surface area contributed by atoms with Crippen LogP contribution in [0.3, 0.4) is 0 Å². The molecule has 1 N–H and O–H groups in total. The number of hydrogen-bond donors (Lipinski definition) is 1. The van der Waals surface area contributed by atoms with Crippen LogP contribution < -0.4 is 5.32 Å². The number of aromatic nitrogens is 1. The van der Waals surface area contributed by atoms with E-state index in [4.69, 9.17) is 0 Å². The third-order valence-corrected chi connectivity index (χ3v) is 3.17. The summed E-state index contributed by atoms with van der Waals surface area (Å²) in [6, 6.07) is 3.40. The van der Waals surface area contributed by atoms with Crippen LogP contribution in [0.4, 0.5) is 4.39 Å². The first-order valence-electron chi connectivity index (χ1n) is 7.09. The Bertz CT molecular complexity index is 311. The summed E-state index contributed by atoms with van der Waals surface area (Å²) >= 11 is 0. The topological polar surface area (TPSA) is 24.9 Å². The molecule has 0 aliphatic rings. The van der Waals surface area contributed by atoms with E-state index in [0.717, 1.165) is 12.2 Å². The van der Waals surface area contributed by atoms with Crippen LogP contribution in [0.15, 0.2) is 18.3 Å². The average molecular weight is 252 g/mol. The van der Waals surface area contributed by atoms with Gasteiger partial charge in [0, 0.05) is 6.04 Å². The van der Waals surface area contributed by atoms with Gasteiger partial charge in [-0.2, -0.15) is 0 Å². The van der Waals surface area contributed by atoms with Gasteiger partial charge in [0.25, 0.3) is 0 Å². The molecule has 0 saturated heterocycles. The minimum atomic E-state index is -0.276. The lowest BCUT2D eigenvalue weighted by atomic mass is 10.1. The molecule has 0 aliphatic heterocycles. The molecule has 0 radical (unpaired) electrons. The van der Waals surface area contributed by atoms with Gasteiger partial charge in [-0.15, -0.1) is 0 Å². The van der Waals surface area contributed by atoms with E-state index < -0.39 is 0 Å². The Morgan fingerprint density at radius 1 is 1.17 bits per heavy atom. The molecular formula is C15H25FN2. The molecule has 1 aromatic heterocycles. The van der Waals surface area contributed by atoms with Crippen LogP contribution in [0.1, 0.15) is 64.1 Å². The number of rotatable bonds is 9. The second-order valence-corrected chi connectivity index (χ2v) is 4.84. The number of halogens is 1. The lowest BCUT2D eigenvalue weighted by molar-refractivity contribution is 0.518. The largest absolute Gasteiger partial charge is 0.309 e. The van der Waals surface area contributed by atoms with Crippen molar-refractivity contribution in [2.24, 2.45) is 0 Å². The molecule has 0 bridgehead atoms. The van der Waals surface area contributed by atoms with Gasteiger partial charge in [-0.3, -0.25) is 4.98 Å². The van der Waals surface area contributed by atoms with Crippen LogP contribution in [0.2, 0.25) is 0 Å². The maximum atomic E-state index is 12.7. The van der Waals surface area contributed by atoms with Gasteiger partial charge in [-0.05, 0) is 32.0 Å². The fourth-order valence-electron chi connectivity index (χ4n) is 1.97. The van der Waals surface area contributed by atoms with E-state index in [2.05, 4.69) is 24.1 Å². The first kappa shape index (κ1) is 15.1. The van der Waals surface area contributed by atoms with Gasteiger partial charge in [0.15, 0.2) is 0 Å². The molecule has 0 aromatic carbocycles. The summed E-state index contributed by atoms with van der Waals surface area (Å²) < 4.78 is 12.7. The molecule has 0 saturated carbocycles. The fraction of sp³-hybridized carbons (Fsp3) is 0.667. The summed E-state index contributed by atoms with van der Waals surface area (Å²) in [4.78, 5) is 4.08. The molecular weight excluding hydrogens is 227 g/mol. The monoisotopic (exact) mass is 252 g/mol. The van der Waals surface area contributed by atoms with Crippen LogP contribution in [-0.4, -0.2) is 11.5 Å². The maximum Gasteiger partial charge on any atom is 0.141 e. The Labute approximate surface area is 110 Å². The Morgan fingerprint density at radius 2 is 1.89 bits per heavy atom. The molecule has 0 aliphatic carbocycles. The zero-order valence-electron chi connectivity index (χ0n) is 11.6. The molecule has 1 atom stereocenters. The van der Waals surface area contributed by atoms with E-state index in [-0.39, 0.29) is 11.9 Å². The van der Waals surface area contributed by atoms with Crippen molar-refractivity contribution in [3.8, 4) is 0 Å². The molecule has 18 heavy (non-hydrogen) atoms. The molecule has 0 spiro atoms. The molecule has 2 nitrogen and oxygen atoms in total. The van der Waals surface area contributed by atoms with Crippen LogP contribution in [-0.2, 0) is 0 Å². The van der Waals surface area contributed by atoms with Gasteiger partial charge >= 0.3 is 0 Å². The van der Waals surface area contributed by atoms with Crippen molar-refractivity contribution < 1.29 is 4.39 Å². The second kappa shape index (κ2) is 9.03. The minimum Gasteiger partial charge on any atom is -0.309 e. The van der Waals surface area contributed by atoms with E-state index in [1.165, 1.54) is 50.8 Å². The first-order chi connectivity index (χ1) is 8.74. The summed E-state index contributed by atoms with van der Waals surface area (Å²) in [6.45, 7) is 5.31. The highest BCUT2D eigenvalue weighted by Crippen LogP contribution is 2.10. The van der Waals surface area contributed by atoms with Crippen LogP contribution in [0, 0.1) is 5.82 Å². The van der Waals surface area contributed by atoms with E-state index >= 15 is 0 Å². The molecule has 0 amide bonds. The van der Waals surface area contributed by atoms with E-state index in [1.54, 1.807) is 6.07 Å². The molecule has 1 rings (SSSR count). The van der Waals surface area contributed by atoms with Crippen molar-refractivity contribution in [3.05, 3.63) is 29.8 Å². The summed E-state index contributed by atoms with van der Waals surface area (Å²) in [5.41, 5.74) is 0.905. The summed E-state index contributed by atoms with van der Waals surface area (Å²) in [5, 5.41) is 3.42. The molecule has 0 fully saturated rings. The Hall–Kier alpha value is -0.960. The lowest BCUT2D eigenvalue weighted by Gasteiger charge is -2.13. The lowest BCUT2D eigenvalue weighted by Crippen LogP contribution is -2.20. The molecule has 1 heterocycles. The SMILES string of the molecule is CCCCCCCCNC(C)c1ccc(F)cn1. The van der Waals surface area contributed by atoms with Gasteiger partial charge in [0.2, 0.25) is 0 Å². The van der Waals surface area contributed by atoms with E-state index in [1.807, 2.05) is 0 Å². The highest BCUT2D eigenvalue weighted by Gasteiger charge is 2.05. The number of nitrogens with one attached hydrogen (secondary N) is 1. The fourth-order valence-corrected chi connectivity index (χ4v) is 1.97. The summed E-state index contributed by atoms with van der Waals surface area (Å²) in [6.07, 6.45) is 9.10. The van der Waals surface area contributed by atoms with Crippen molar-refractivity contribution in [2.75, 3.05) is 6.54 Å². The number of pyridine rings is 1.